The van der Waals surface area contributed by atoms with E-state index in [2.05, 4.69) is 0 Å². The molecule has 0 spiro atoms. The van der Waals surface area contributed by atoms with Crippen LogP contribution in [0.4, 0.5) is 0 Å². The minimum absolute atomic E-state index is 0.0830. The smallest absolute Gasteiger partial charge is 0.339 e. The largest absolute Gasteiger partial charge is 0.507 e. The molecule has 1 aliphatic rings. The Hall–Kier alpha value is -2.63. The number of carbonyl (C=O) groups is 1. The second kappa shape index (κ2) is 7.18. The summed E-state index contributed by atoms with van der Waals surface area (Å²) in [5, 5.41) is 68.6. The van der Waals surface area contributed by atoms with Gasteiger partial charge in [-0.1, -0.05) is 12.1 Å². The van der Waals surface area contributed by atoms with Crippen LogP contribution in [-0.2, 0) is 4.74 Å². The number of aromatic hydroxyl groups is 2. The van der Waals surface area contributed by atoms with Crippen molar-refractivity contribution in [2.45, 2.75) is 30.7 Å². The van der Waals surface area contributed by atoms with Crippen molar-refractivity contribution < 1.29 is 50.0 Å². The summed E-state index contributed by atoms with van der Waals surface area (Å²) >= 11 is 0. The maximum Gasteiger partial charge on any atom is 0.339 e. The zero-order valence-corrected chi connectivity index (χ0v) is 13.8. The summed E-state index contributed by atoms with van der Waals surface area (Å²) in [5.41, 5.74) is -0.529. The second-order valence-electron chi connectivity index (χ2n) is 6.09. The predicted octanol–water partition coefficient (Wildman–Crippen LogP) is -0.872. The number of phenolic OH excluding ortho intramolecular Hbond substituents is 2. The second-order valence-corrected chi connectivity index (χ2v) is 6.09. The average Bonchev–Trinajstić information content (AvgIpc) is 2.63. The Bertz CT molecular complexity index is 864. The van der Waals surface area contributed by atoms with Gasteiger partial charge >= 0.3 is 5.97 Å². The molecule has 1 heterocycles. The molecule has 0 aromatic heterocycles. The van der Waals surface area contributed by atoms with Crippen molar-refractivity contribution in [1.29, 1.82) is 0 Å². The summed E-state index contributed by atoms with van der Waals surface area (Å²) in [4.78, 5) is 11.6. The molecule has 146 valence electrons. The Morgan fingerprint density at radius 1 is 1.07 bits per heavy atom. The zero-order valence-electron chi connectivity index (χ0n) is 13.8. The van der Waals surface area contributed by atoms with Gasteiger partial charge in [-0.2, -0.15) is 0 Å². The number of hydrogen-bond acceptors (Lipinski definition) is 9. The van der Waals surface area contributed by atoms with Crippen molar-refractivity contribution in [3.63, 3.8) is 0 Å². The van der Waals surface area contributed by atoms with Crippen molar-refractivity contribution >= 4 is 16.7 Å². The first-order valence-electron chi connectivity index (χ1n) is 7.94. The Labute approximate surface area is 152 Å². The number of ether oxygens (including phenoxy) is 2. The predicted molar refractivity (Wildman–Crippen MR) is 88.6 cm³/mol. The fourth-order valence-corrected chi connectivity index (χ4v) is 2.97. The normalized spacial score (nSPS) is 28.2. The van der Waals surface area contributed by atoms with Crippen molar-refractivity contribution in [2.24, 2.45) is 0 Å². The van der Waals surface area contributed by atoms with E-state index in [1.54, 1.807) is 0 Å². The summed E-state index contributed by atoms with van der Waals surface area (Å²) in [7, 11) is 0. The Balaban J connectivity index is 2.12. The van der Waals surface area contributed by atoms with Crippen LogP contribution in [0.5, 0.6) is 17.2 Å². The van der Waals surface area contributed by atoms with E-state index >= 15 is 0 Å². The molecule has 1 saturated heterocycles. The molecule has 27 heavy (non-hydrogen) atoms. The van der Waals surface area contributed by atoms with Crippen LogP contribution in [0, 0.1) is 0 Å². The molecule has 0 radical (unpaired) electrons. The van der Waals surface area contributed by atoms with E-state index < -0.39 is 66.1 Å². The Kier molecular flexibility index (Phi) is 5.09. The number of carboxylic acids is 1. The van der Waals surface area contributed by atoms with E-state index in [0.29, 0.717) is 0 Å². The molecule has 0 bridgehead atoms. The minimum Gasteiger partial charge on any atom is -0.507 e. The van der Waals surface area contributed by atoms with E-state index in [-0.39, 0.29) is 10.8 Å². The summed E-state index contributed by atoms with van der Waals surface area (Å²) in [6.07, 6.45) is -8.05. The summed E-state index contributed by atoms with van der Waals surface area (Å²) in [6, 6.07) is 4.99. The topological polar surface area (TPSA) is 177 Å². The highest BCUT2D eigenvalue weighted by atomic mass is 16.7. The summed E-state index contributed by atoms with van der Waals surface area (Å²) in [6.45, 7) is -0.696. The van der Waals surface area contributed by atoms with E-state index in [9.17, 15) is 40.5 Å². The number of rotatable bonds is 4. The molecule has 10 heteroatoms. The molecule has 0 saturated carbocycles. The van der Waals surface area contributed by atoms with Gasteiger partial charge in [0.25, 0.3) is 0 Å². The summed E-state index contributed by atoms with van der Waals surface area (Å²) in [5.74, 6) is -2.72. The number of aliphatic hydroxyl groups excluding tert-OH is 4. The number of hydrogen-bond donors (Lipinski definition) is 7. The molecule has 7 N–H and O–H groups in total. The third-order valence-electron chi connectivity index (χ3n) is 4.38. The first kappa shape index (κ1) is 19.1. The number of aliphatic hydroxyl groups is 4. The molecule has 0 aliphatic carbocycles. The molecule has 1 aliphatic heterocycles. The van der Waals surface area contributed by atoms with Crippen molar-refractivity contribution in [3.8, 4) is 17.2 Å². The van der Waals surface area contributed by atoms with E-state index in [4.69, 9.17) is 9.47 Å². The van der Waals surface area contributed by atoms with Crippen LogP contribution in [0.2, 0.25) is 0 Å². The first-order valence-corrected chi connectivity index (χ1v) is 7.94. The van der Waals surface area contributed by atoms with Gasteiger partial charge in [0.2, 0.25) is 6.29 Å². The Morgan fingerprint density at radius 3 is 2.41 bits per heavy atom. The number of fused-ring (bicyclic) bond motifs is 1. The first-order chi connectivity index (χ1) is 12.8. The number of benzene rings is 2. The lowest BCUT2D eigenvalue weighted by Gasteiger charge is -2.39. The molecule has 2 aromatic carbocycles. The molecular formula is C17H18O10. The summed E-state index contributed by atoms with van der Waals surface area (Å²) < 4.78 is 10.7. The highest BCUT2D eigenvalue weighted by molar-refractivity contribution is 6.05. The van der Waals surface area contributed by atoms with Gasteiger partial charge in [-0.25, -0.2) is 4.79 Å². The molecule has 0 amide bonds. The third kappa shape index (κ3) is 3.24. The van der Waals surface area contributed by atoms with E-state index in [1.807, 2.05) is 0 Å². The van der Waals surface area contributed by atoms with Crippen LogP contribution in [0.1, 0.15) is 10.4 Å². The molecule has 5 unspecified atom stereocenters. The minimum atomic E-state index is -1.78. The highest BCUT2D eigenvalue weighted by Crippen LogP contribution is 2.42. The molecule has 10 nitrogen and oxygen atoms in total. The standard InChI is InChI=1S/C17H18O10/c18-5-10-12(21)13(22)14(23)17(26-10)27-15-7(16(24)25)4-9(20)6-2-1-3-8(19)11(6)15/h1-4,10,12-14,17-23H,5H2,(H,24,25). The van der Waals surface area contributed by atoms with E-state index in [1.165, 1.54) is 18.2 Å². The quantitative estimate of drug-likeness (QED) is 0.351. The van der Waals surface area contributed by atoms with Crippen LogP contribution in [0.3, 0.4) is 0 Å². The molecule has 2 aromatic rings. The van der Waals surface area contributed by atoms with Crippen molar-refractivity contribution in [2.75, 3.05) is 6.61 Å². The lowest BCUT2D eigenvalue weighted by atomic mass is 9.99. The maximum absolute atomic E-state index is 11.6. The fourth-order valence-electron chi connectivity index (χ4n) is 2.97. The fraction of sp³-hybridized carbons (Fsp3) is 0.353. The molecular weight excluding hydrogens is 364 g/mol. The molecule has 3 rings (SSSR count). The monoisotopic (exact) mass is 382 g/mol. The SMILES string of the molecule is O=C(O)c1cc(O)c2cccc(O)c2c1OC1OC(CO)C(O)C(O)C1O. The van der Waals surface area contributed by atoms with Crippen LogP contribution >= 0.6 is 0 Å². The lowest BCUT2D eigenvalue weighted by Crippen LogP contribution is -2.60. The van der Waals surface area contributed by atoms with Crippen LogP contribution in [0.25, 0.3) is 10.8 Å². The lowest BCUT2D eigenvalue weighted by molar-refractivity contribution is -0.277. The van der Waals surface area contributed by atoms with Gasteiger partial charge < -0.3 is 45.2 Å². The van der Waals surface area contributed by atoms with Crippen LogP contribution in [0.15, 0.2) is 24.3 Å². The Morgan fingerprint density at radius 2 is 1.78 bits per heavy atom. The number of carboxylic acid groups (broad SMARTS) is 1. The van der Waals surface area contributed by atoms with Gasteiger partial charge in [-0.3, -0.25) is 0 Å². The highest BCUT2D eigenvalue weighted by Gasteiger charge is 2.45. The van der Waals surface area contributed by atoms with Gasteiger partial charge in [-0.05, 0) is 12.1 Å². The van der Waals surface area contributed by atoms with Crippen LogP contribution in [-0.4, -0.2) is 79.0 Å². The molecule has 1 fully saturated rings. The van der Waals surface area contributed by atoms with Gasteiger partial charge in [-0.15, -0.1) is 0 Å². The average molecular weight is 382 g/mol. The number of phenols is 2. The number of aromatic carboxylic acids is 1. The van der Waals surface area contributed by atoms with Crippen LogP contribution < -0.4 is 4.74 Å². The van der Waals surface area contributed by atoms with Gasteiger partial charge in [0.05, 0.1) is 12.0 Å². The van der Waals surface area contributed by atoms with Crippen molar-refractivity contribution in [3.05, 3.63) is 29.8 Å². The molecule has 5 atom stereocenters. The van der Waals surface area contributed by atoms with Gasteiger partial charge in [0.15, 0.2) is 0 Å². The van der Waals surface area contributed by atoms with E-state index in [0.717, 1.165) is 6.07 Å². The van der Waals surface area contributed by atoms with Gasteiger partial charge in [0, 0.05) is 5.39 Å². The van der Waals surface area contributed by atoms with Gasteiger partial charge in [0.1, 0.15) is 47.2 Å². The third-order valence-corrected chi connectivity index (χ3v) is 4.38. The maximum atomic E-state index is 11.6. The zero-order chi connectivity index (χ0) is 19.9. The van der Waals surface area contributed by atoms with Crippen molar-refractivity contribution in [1.82, 2.24) is 0 Å².